The molecule has 110 valence electrons. The first-order chi connectivity index (χ1) is 9.48. The quantitative estimate of drug-likeness (QED) is 0.767. The van der Waals surface area contributed by atoms with Crippen LogP contribution in [0.1, 0.15) is 12.0 Å². The fourth-order valence-electron chi connectivity index (χ4n) is 2.07. The summed E-state index contributed by atoms with van der Waals surface area (Å²) in [6.45, 7) is 3.25. The zero-order valence-corrected chi connectivity index (χ0v) is 12.2. The van der Waals surface area contributed by atoms with Gasteiger partial charge in [0.05, 0.1) is 13.2 Å². The summed E-state index contributed by atoms with van der Waals surface area (Å²) < 4.78 is 5.14. The summed E-state index contributed by atoms with van der Waals surface area (Å²) in [4.78, 5) is 11.8. The largest absolute Gasteiger partial charge is 0.386 e. The predicted octanol–water partition coefficient (Wildman–Crippen LogP) is 1.33. The van der Waals surface area contributed by atoms with Crippen molar-refractivity contribution in [3.63, 3.8) is 0 Å². The van der Waals surface area contributed by atoms with Crippen molar-refractivity contribution in [3.05, 3.63) is 28.8 Å². The Morgan fingerprint density at radius 2 is 2.35 bits per heavy atom. The molecule has 1 heterocycles. The van der Waals surface area contributed by atoms with E-state index in [4.69, 9.17) is 16.3 Å². The first-order valence-corrected chi connectivity index (χ1v) is 6.93. The lowest BCUT2D eigenvalue weighted by molar-refractivity contribution is -0.115. The zero-order chi connectivity index (χ0) is 14.6. The van der Waals surface area contributed by atoms with E-state index < -0.39 is 5.60 Å². The average Bonchev–Trinajstić information content (AvgIpc) is 2.81. The van der Waals surface area contributed by atoms with Crippen LogP contribution in [-0.4, -0.2) is 42.9 Å². The first-order valence-electron chi connectivity index (χ1n) is 6.55. The Morgan fingerprint density at radius 1 is 1.55 bits per heavy atom. The van der Waals surface area contributed by atoms with Crippen LogP contribution in [0.2, 0.25) is 5.02 Å². The van der Waals surface area contributed by atoms with Crippen molar-refractivity contribution in [1.82, 2.24) is 5.32 Å². The molecule has 1 aliphatic heterocycles. The van der Waals surface area contributed by atoms with Crippen LogP contribution in [0.4, 0.5) is 5.69 Å². The normalized spacial score (nSPS) is 21.9. The van der Waals surface area contributed by atoms with Gasteiger partial charge in [-0.05, 0) is 24.6 Å². The lowest BCUT2D eigenvalue weighted by Gasteiger charge is -2.20. The van der Waals surface area contributed by atoms with Crippen molar-refractivity contribution in [1.29, 1.82) is 0 Å². The van der Waals surface area contributed by atoms with Crippen LogP contribution in [0, 0.1) is 6.92 Å². The molecule has 1 saturated heterocycles. The van der Waals surface area contributed by atoms with E-state index in [1.807, 2.05) is 13.0 Å². The molecule has 1 fully saturated rings. The molecule has 0 spiro atoms. The van der Waals surface area contributed by atoms with E-state index in [1.165, 1.54) is 0 Å². The zero-order valence-electron chi connectivity index (χ0n) is 11.4. The van der Waals surface area contributed by atoms with Gasteiger partial charge in [0.2, 0.25) is 5.91 Å². The third kappa shape index (κ3) is 4.18. The Bertz CT molecular complexity index is 487. The smallest absolute Gasteiger partial charge is 0.238 e. The van der Waals surface area contributed by atoms with E-state index in [0.717, 1.165) is 5.56 Å². The Balaban J connectivity index is 1.79. The van der Waals surface area contributed by atoms with Gasteiger partial charge >= 0.3 is 0 Å². The van der Waals surface area contributed by atoms with Gasteiger partial charge in [-0.2, -0.15) is 0 Å². The van der Waals surface area contributed by atoms with Gasteiger partial charge in [0.25, 0.3) is 0 Å². The summed E-state index contributed by atoms with van der Waals surface area (Å²) in [5.74, 6) is -0.169. The summed E-state index contributed by atoms with van der Waals surface area (Å²) in [7, 11) is 0. The number of aryl methyl sites for hydroxylation is 1. The average molecular weight is 299 g/mol. The van der Waals surface area contributed by atoms with Gasteiger partial charge in [0, 0.05) is 30.3 Å². The molecule has 1 atom stereocenters. The van der Waals surface area contributed by atoms with E-state index in [1.54, 1.807) is 12.1 Å². The van der Waals surface area contributed by atoms with Gasteiger partial charge < -0.3 is 20.5 Å². The van der Waals surface area contributed by atoms with E-state index in [9.17, 15) is 9.90 Å². The van der Waals surface area contributed by atoms with Crippen LogP contribution in [0.15, 0.2) is 18.2 Å². The minimum atomic E-state index is -0.855. The lowest BCUT2D eigenvalue weighted by atomic mass is 10.0. The van der Waals surface area contributed by atoms with Crippen LogP contribution in [0.3, 0.4) is 0 Å². The van der Waals surface area contributed by atoms with Crippen molar-refractivity contribution in [2.24, 2.45) is 0 Å². The molecule has 0 saturated carbocycles. The number of halogens is 1. The molecule has 20 heavy (non-hydrogen) atoms. The molecular formula is C14H19ClN2O3. The third-order valence-corrected chi connectivity index (χ3v) is 3.53. The SMILES string of the molecule is Cc1ccc(Cl)cc1NC(=O)CNCC1(O)CCOC1. The van der Waals surface area contributed by atoms with Crippen LogP contribution in [-0.2, 0) is 9.53 Å². The highest BCUT2D eigenvalue weighted by Gasteiger charge is 2.31. The number of carbonyl (C=O) groups excluding carboxylic acids is 1. The Labute approximate surface area is 123 Å². The number of carbonyl (C=O) groups is 1. The number of aliphatic hydroxyl groups is 1. The number of amides is 1. The summed E-state index contributed by atoms with van der Waals surface area (Å²) in [6, 6.07) is 5.34. The van der Waals surface area contributed by atoms with E-state index in [2.05, 4.69) is 10.6 Å². The maximum atomic E-state index is 11.8. The molecule has 5 nitrogen and oxygen atoms in total. The fraction of sp³-hybridized carbons (Fsp3) is 0.500. The standard InChI is InChI=1S/C14H19ClN2O3/c1-10-2-3-11(15)6-12(10)17-13(18)7-16-8-14(19)4-5-20-9-14/h2-3,6,16,19H,4-5,7-9H2,1H3,(H,17,18). The lowest BCUT2D eigenvalue weighted by Crippen LogP contribution is -2.43. The van der Waals surface area contributed by atoms with Crippen molar-refractivity contribution >= 4 is 23.2 Å². The fourth-order valence-corrected chi connectivity index (χ4v) is 2.24. The molecule has 0 aliphatic carbocycles. The first kappa shape index (κ1) is 15.3. The molecule has 1 aliphatic rings. The molecular weight excluding hydrogens is 280 g/mol. The second-order valence-electron chi connectivity index (χ2n) is 5.14. The number of hydrogen-bond donors (Lipinski definition) is 3. The van der Waals surface area contributed by atoms with Gasteiger partial charge in [-0.1, -0.05) is 17.7 Å². The van der Waals surface area contributed by atoms with Crippen molar-refractivity contribution in [3.8, 4) is 0 Å². The van der Waals surface area contributed by atoms with Gasteiger partial charge in [0.1, 0.15) is 5.60 Å². The van der Waals surface area contributed by atoms with Crippen molar-refractivity contribution < 1.29 is 14.6 Å². The van der Waals surface area contributed by atoms with Gasteiger partial charge in [-0.25, -0.2) is 0 Å². The van der Waals surface area contributed by atoms with Gasteiger partial charge in [0.15, 0.2) is 0 Å². The number of hydrogen-bond acceptors (Lipinski definition) is 4. The number of anilines is 1. The van der Waals surface area contributed by atoms with Crippen molar-refractivity contribution in [2.75, 3.05) is 31.6 Å². The van der Waals surface area contributed by atoms with Gasteiger partial charge in [-0.15, -0.1) is 0 Å². The maximum absolute atomic E-state index is 11.8. The topological polar surface area (TPSA) is 70.6 Å². The number of rotatable bonds is 5. The molecule has 0 radical (unpaired) electrons. The Kier molecular flexibility index (Phi) is 4.99. The van der Waals surface area contributed by atoms with E-state index >= 15 is 0 Å². The molecule has 6 heteroatoms. The summed E-state index contributed by atoms with van der Waals surface area (Å²) in [5.41, 5.74) is 0.796. The highest BCUT2D eigenvalue weighted by molar-refractivity contribution is 6.31. The second kappa shape index (κ2) is 6.54. The Morgan fingerprint density at radius 3 is 3.05 bits per heavy atom. The summed E-state index contributed by atoms with van der Waals surface area (Å²) in [5, 5.41) is 16.4. The number of benzene rings is 1. The second-order valence-corrected chi connectivity index (χ2v) is 5.57. The molecule has 1 aromatic rings. The van der Waals surface area contributed by atoms with Crippen LogP contribution < -0.4 is 10.6 Å². The molecule has 1 amide bonds. The molecule has 1 unspecified atom stereocenters. The van der Waals surface area contributed by atoms with Crippen LogP contribution in [0.5, 0.6) is 0 Å². The molecule has 3 N–H and O–H groups in total. The minimum Gasteiger partial charge on any atom is -0.386 e. The van der Waals surface area contributed by atoms with Crippen LogP contribution >= 0.6 is 11.6 Å². The van der Waals surface area contributed by atoms with E-state index in [0.29, 0.717) is 36.9 Å². The molecule has 1 aromatic carbocycles. The third-order valence-electron chi connectivity index (χ3n) is 3.30. The molecule has 0 bridgehead atoms. The predicted molar refractivity (Wildman–Crippen MR) is 78.1 cm³/mol. The Hall–Kier alpha value is -1.14. The number of ether oxygens (including phenoxy) is 1. The maximum Gasteiger partial charge on any atom is 0.238 e. The number of nitrogens with one attached hydrogen (secondary N) is 2. The van der Waals surface area contributed by atoms with E-state index in [-0.39, 0.29) is 12.5 Å². The minimum absolute atomic E-state index is 0.133. The van der Waals surface area contributed by atoms with Crippen LogP contribution in [0.25, 0.3) is 0 Å². The highest BCUT2D eigenvalue weighted by Crippen LogP contribution is 2.20. The highest BCUT2D eigenvalue weighted by atomic mass is 35.5. The summed E-state index contributed by atoms with van der Waals surface area (Å²) >= 11 is 5.90. The van der Waals surface area contributed by atoms with Gasteiger partial charge in [-0.3, -0.25) is 4.79 Å². The molecule has 0 aromatic heterocycles. The monoisotopic (exact) mass is 298 g/mol. The summed E-state index contributed by atoms with van der Waals surface area (Å²) in [6.07, 6.45) is 0.592. The van der Waals surface area contributed by atoms with Crippen molar-refractivity contribution in [2.45, 2.75) is 18.9 Å². The molecule has 2 rings (SSSR count).